The monoisotopic (exact) mass is 696 g/mol. The largest absolute Gasteiger partial charge is 0.447 e. The molecule has 13 heteroatoms. The number of nitrogens with two attached hydrogens (primary N) is 1. The summed E-state index contributed by atoms with van der Waals surface area (Å²) in [4.78, 5) is 80.7. The number of carbonyl (C=O) groups is 6. The minimum Gasteiger partial charge on any atom is -0.447 e. The molecule has 3 aliphatic rings. The van der Waals surface area contributed by atoms with Gasteiger partial charge in [0, 0.05) is 13.1 Å². The van der Waals surface area contributed by atoms with Gasteiger partial charge in [0.15, 0.2) is 0 Å². The lowest BCUT2D eigenvalue weighted by atomic mass is 9.80. The number of fused-ring (bicyclic) bond motifs is 1. The normalized spacial score (nSPS) is 21.0. The van der Waals surface area contributed by atoms with Gasteiger partial charge in [0.25, 0.3) is 5.91 Å². The van der Waals surface area contributed by atoms with Crippen molar-refractivity contribution in [3.8, 4) is 0 Å². The fraction of sp³-hybridized carbons (Fsp3) is 0.676. The number of rotatable bonds is 14. The number of urea groups is 1. The number of alkyl carbamates (subject to hydrolysis) is 1. The summed E-state index contributed by atoms with van der Waals surface area (Å²) in [7, 11) is 0. The van der Waals surface area contributed by atoms with E-state index in [1.54, 1.807) is 11.8 Å². The predicted octanol–water partition coefficient (Wildman–Crippen LogP) is 2.83. The van der Waals surface area contributed by atoms with Crippen LogP contribution in [-0.2, 0) is 36.8 Å². The van der Waals surface area contributed by atoms with Gasteiger partial charge in [-0.2, -0.15) is 0 Å². The van der Waals surface area contributed by atoms with Crippen LogP contribution in [0.2, 0.25) is 0 Å². The molecule has 4 rings (SSSR count). The summed E-state index contributed by atoms with van der Waals surface area (Å²) in [6.45, 7) is 12.2. The highest BCUT2D eigenvalue weighted by Gasteiger charge is 2.46. The van der Waals surface area contributed by atoms with E-state index >= 15 is 0 Å². The van der Waals surface area contributed by atoms with Gasteiger partial charge in [-0.3, -0.25) is 19.2 Å². The van der Waals surface area contributed by atoms with E-state index in [0.717, 1.165) is 30.4 Å². The van der Waals surface area contributed by atoms with Crippen molar-refractivity contribution in [2.75, 3.05) is 19.7 Å². The van der Waals surface area contributed by atoms with Crippen molar-refractivity contribution in [2.45, 2.75) is 111 Å². The number of amides is 6. The molecule has 1 saturated carbocycles. The Labute approximate surface area is 295 Å². The number of likely N-dealkylation sites (tertiary alicyclic amines) is 1. The molecule has 50 heavy (non-hydrogen) atoms. The number of nitrogens with one attached hydrogen (secondary N) is 4. The molecule has 0 radical (unpaired) electrons. The van der Waals surface area contributed by atoms with E-state index in [-0.39, 0.29) is 36.2 Å². The van der Waals surface area contributed by atoms with E-state index in [0.29, 0.717) is 38.8 Å². The molecule has 276 valence electrons. The number of ether oxygens (including phenoxy) is 1. The molecular formula is C37H56N6O7. The molecule has 13 nitrogen and oxygen atoms in total. The highest BCUT2D eigenvalue weighted by Crippen LogP contribution is 2.35. The van der Waals surface area contributed by atoms with Gasteiger partial charge in [0.05, 0.1) is 12.1 Å². The minimum atomic E-state index is -1.10. The van der Waals surface area contributed by atoms with E-state index in [4.69, 9.17) is 10.5 Å². The summed E-state index contributed by atoms with van der Waals surface area (Å²) in [5.41, 5.74) is 7.06. The maximum atomic E-state index is 14.7. The summed E-state index contributed by atoms with van der Waals surface area (Å²) in [5, 5.41) is 11.3. The summed E-state index contributed by atoms with van der Waals surface area (Å²) >= 11 is 0. The first kappa shape index (κ1) is 38.6. The Kier molecular flexibility index (Phi) is 12.9. The molecule has 1 heterocycles. The molecule has 0 aromatic heterocycles. The first-order chi connectivity index (χ1) is 23.6. The molecule has 1 aromatic rings. The topological polar surface area (TPSA) is 189 Å². The smallest absolute Gasteiger partial charge is 0.407 e. The van der Waals surface area contributed by atoms with Crippen LogP contribution in [0.25, 0.3) is 0 Å². The van der Waals surface area contributed by atoms with Crippen molar-refractivity contribution in [1.82, 2.24) is 26.2 Å². The molecule has 1 unspecified atom stereocenters. The third-order valence-corrected chi connectivity index (χ3v) is 10.7. The van der Waals surface area contributed by atoms with Crippen molar-refractivity contribution in [2.24, 2.45) is 34.8 Å². The molecule has 0 spiro atoms. The van der Waals surface area contributed by atoms with Gasteiger partial charge in [-0.25, -0.2) is 9.59 Å². The summed E-state index contributed by atoms with van der Waals surface area (Å²) in [6.07, 6.45) is 4.09. The molecule has 2 aliphatic carbocycles. The zero-order chi connectivity index (χ0) is 36.7. The Morgan fingerprint density at radius 3 is 2.12 bits per heavy atom. The zero-order valence-corrected chi connectivity index (χ0v) is 30.4. The van der Waals surface area contributed by atoms with Crippen LogP contribution in [0.3, 0.4) is 0 Å². The highest BCUT2D eigenvalue weighted by atomic mass is 16.5. The van der Waals surface area contributed by atoms with Gasteiger partial charge < -0.3 is 36.6 Å². The summed E-state index contributed by atoms with van der Waals surface area (Å²) < 4.78 is 5.36. The lowest BCUT2D eigenvalue weighted by molar-refractivity contribution is -0.143. The Bertz CT molecular complexity index is 1400. The van der Waals surface area contributed by atoms with Crippen LogP contribution in [0.1, 0.15) is 84.8 Å². The van der Waals surface area contributed by atoms with Gasteiger partial charge in [0.2, 0.25) is 17.6 Å². The quantitative estimate of drug-likeness (QED) is 0.185. The second-order valence-electron chi connectivity index (χ2n) is 15.6. The fourth-order valence-electron chi connectivity index (χ4n) is 7.17. The minimum absolute atomic E-state index is 0.00133. The molecule has 6 amide bonds. The molecule has 5 atom stereocenters. The van der Waals surface area contributed by atoms with E-state index in [2.05, 4.69) is 21.3 Å². The van der Waals surface area contributed by atoms with Crippen molar-refractivity contribution < 1.29 is 33.5 Å². The fourth-order valence-corrected chi connectivity index (χ4v) is 7.17. The van der Waals surface area contributed by atoms with Crippen LogP contribution in [0, 0.1) is 29.1 Å². The second-order valence-corrected chi connectivity index (χ2v) is 15.6. The van der Waals surface area contributed by atoms with Gasteiger partial charge in [0.1, 0.15) is 18.7 Å². The molecule has 6 N–H and O–H groups in total. The van der Waals surface area contributed by atoms with Crippen molar-refractivity contribution in [3.63, 3.8) is 0 Å². The van der Waals surface area contributed by atoms with Crippen molar-refractivity contribution >= 4 is 35.6 Å². The lowest BCUT2D eigenvalue weighted by Gasteiger charge is -2.34. The summed E-state index contributed by atoms with van der Waals surface area (Å²) in [6, 6.07) is 3.83. The molecule has 0 bridgehead atoms. The number of nitrogens with zero attached hydrogens (tertiary/aromatic N) is 1. The van der Waals surface area contributed by atoms with Gasteiger partial charge in [-0.15, -0.1) is 0 Å². The Morgan fingerprint density at radius 2 is 1.60 bits per heavy atom. The van der Waals surface area contributed by atoms with Crippen LogP contribution in [0.15, 0.2) is 24.3 Å². The number of carbonyl (C=O) groups excluding carboxylic acids is 6. The molecule has 1 aromatic carbocycles. The third kappa shape index (κ3) is 9.75. The van der Waals surface area contributed by atoms with E-state index in [1.807, 2.05) is 58.9 Å². The van der Waals surface area contributed by atoms with Crippen LogP contribution in [0.4, 0.5) is 9.59 Å². The van der Waals surface area contributed by atoms with E-state index in [1.165, 1.54) is 0 Å². The first-order valence-electron chi connectivity index (χ1n) is 18.1. The van der Waals surface area contributed by atoms with E-state index < -0.39 is 59.3 Å². The number of Topliss-reactive ketones (excluding diaryl/α,β-unsaturated/α-hetero) is 1. The standard InChI is InChI=1S/C37H56N6O7/c1-7-39-36(49)50-20-29(37(4,5)6)41-35(48)42-30(25-16-23-13-8-9-14-24(23)17-25)34(47)43-19-26(21(2)3)18-28(43)33(46)40-27(31(44)32(38)45)15-22-11-10-12-22/h8-9,13-14,21-22,25-30H,7,10-12,15-20H2,1-6H3,(H2,38,45)(H,39,49)(H,40,46)(H2,41,42,48)/t26-,27?,28+,29-,30+/m1/s1. The lowest BCUT2D eigenvalue weighted by Crippen LogP contribution is -2.60. The average Bonchev–Trinajstić information content (AvgIpc) is 3.67. The maximum absolute atomic E-state index is 14.7. The van der Waals surface area contributed by atoms with Crippen LogP contribution in [-0.4, -0.2) is 84.4 Å². The Morgan fingerprint density at radius 1 is 0.960 bits per heavy atom. The summed E-state index contributed by atoms with van der Waals surface area (Å²) in [5.74, 6) is -2.75. The number of benzene rings is 1. The van der Waals surface area contributed by atoms with Crippen LogP contribution in [0.5, 0.6) is 0 Å². The van der Waals surface area contributed by atoms with Crippen LogP contribution >= 0.6 is 0 Å². The second kappa shape index (κ2) is 16.7. The van der Waals surface area contributed by atoms with E-state index in [9.17, 15) is 28.8 Å². The van der Waals surface area contributed by atoms with Crippen molar-refractivity contribution in [1.29, 1.82) is 0 Å². The SMILES string of the molecule is CCNC(=O)OC[C@@H](NC(=O)N[C@H](C(=O)N1C[C@H](C(C)C)C[C@H]1C(=O)NC(CC1CCC1)C(=O)C(N)=O)C1Cc2ccccc2C1)C(C)(C)C. The molecular weight excluding hydrogens is 640 g/mol. The predicted molar refractivity (Wildman–Crippen MR) is 188 cm³/mol. The molecule has 1 saturated heterocycles. The first-order valence-corrected chi connectivity index (χ1v) is 18.1. The van der Waals surface area contributed by atoms with Gasteiger partial charge >= 0.3 is 12.1 Å². The molecule has 1 aliphatic heterocycles. The number of ketones is 1. The zero-order valence-electron chi connectivity index (χ0n) is 30.4. The number of hydrogen-bond donors (Lipinski definition) is 5. The Balaban J connectivity index is 1.58. The van der Waals surface area contributed by atoms with Gasteiger partial charge in [-0.1, -0.05) is 78.1 Å². The average molecular weight is 697 g/mol. The Hall–Kier alpha value is -4.16. The maximum Gasteiger partial charge on any atom is 0.407 e. The van der Waals surface area contributed by atoms with Gasteiger partial charge in [-0.05, 0) is 72.8 Å². The number of hydrogen-bond acceptors (Lipinski definition) is 7. The number of primary amides is 1. The third-order valence-electron chi connectivity index (χ3n) is 10.7. The highest BCUT2D eigenvalue weighted by molar-refractivity contribution is 6.37. The molecule has 2 fully saturated rings. The van der Waals surface area contributed by atoms with Crippen molar-refractivity contribution in [3.05, 3.63) is 35.4 Å². The van der Waals surface area contributed by atoms with Crippen LogP contribution < -0.4 is 27.0 Å².